The van der Waals surface area contributed by atoms with Gasteiger partial charge in [-0.05, 0) is 49.1 Å². The number of carbonyl (C=O) groups excluding carboxylic acids is 6. The van der Waals surface area contributed by atoms with Gasteiger partial charge in [-0.25, -0.2) is 46.9 Å². The number of carbonyl (C=O) groups is 6. The SMILES string of the molecule is C=C1N=C(N)C=CN1[C@@H]1O[C@@](CO)(CCl)[C@@H](OC(=O)C(C)C)[C@H]1F.C=C1N=C(N)C=CN1[C@@H]1O[C@@](CO)(CCl)[C@@H](OC(=O)CC)[C@H]1F.C=C1N=C(N)C=CN1[C@@H]1O[C@](CCl)(COC(=O)C(C)C)[C@@H](O)[C@H]1F.C=C1N=C(N)C=CN1[C@@H]1O[C@](CCl)(COC(=O)C(N)C(C)C)[C@@H](O)[C@H]1F.C=C1N=C(N)C=CN1[C@@H]1O[C@](CCl)(COC(=O)CCCCC)[C@@H](OC(=O)CCCCC)[C@H]1F. The van der Waals surface area contributed by atoms with Gasteiger partial charge >= 0.3 is 35.8 Å². The van der Waals surface area contributed by atoms with E-state index in [9.17, 15) is 62.4 Å². The summed E-state index contributed by atoms with van der Waals surface area (Å²) in [4.78, 5) is 98.1. The Hall–Kier alpha value is -8.73. The third kappa shape index (κ3) is 26.6. The van der Waals surface area contributed by atoms with E-state index >= 15 is 8.78 Å². The fourth-order valence-corrected chi connectivity index (χ4v) is 15.0. The molecule has 0 amide bonds. The van der Waals surface area contributed by atoms with Crippen LogP contribution in [0.25, 0.3) is 0 Å². The van der Waals surface area contributed by atoms with Gasteiger partial charge < -0.3 is 131 Å². The average Bonchev–Trinajstić information content (AvgIpc) is 1.62. The van der Waals surface area contributed by atoms with Gasteiger partial charge in [0.15, 0.2) is 85.9 Å². The van der Waals surface area contributed by atoms with Crippen LogP contribution in [0.1, 0.15) is 120 Å². The van der Waals surface area contributed by atoms with Crippen LogP contribution in [-0.4, -0.2) is 299 Å². The lowest BCUT2D eigenvalue weighted by Crippen LogP contribution is -2.50. The van der Waals surface area contributed by atoms with Crippen LogP contribution < -0.4 is 34.4 Å². The Morgan fingerprint density at radius 3 is 0.985 bits per heavy atom. The minimum absolute atomic E-state index is 0.0643. The van der Waals surface area contributed by atoms with Crippen molar-refractivity contribution in [2.24, 2.45) is 77.1 Å². The van der Waals surface area contributed by atoms with Gasteiger partial charge in [-0.3, -0.25) is 28.8 Å². The van der Waals surface area contributed by atoms with E-state index in [0.29, 0.717) is 12.8 Å². The molecule has 10 aliphatic rings. The minimum atomic E-state index is -1.85. The molecule has 37 nitrogen and oxygen atoms in total. The highest BCUT2D eigenvalue weighted by atomic mass is 35.5. The molecule has 0 saturated carbocycles. The number of aliphatic hydroxyl groups is 4. The van der Waals surface area contributed by atoms with Crippen LogP contribution in [0.3, 0.4) is 0 Å². The lowest BCUT2D eigenvalue weighted by atomic mass is 9.98. The second-order valence-electron chi connectivity index (χ2n) is 32.2. The zero-order valence-corrected chi connectivity index (χ0v) is 77.4. The van der Waals surface area contributed by atoms with Crippen molar-refractivity contribution < 1.29 is 123 Å². The average molecular weight is 1950 g/mol. The molecule has 0 aliphatic carbocycles. The second kappa shape index (κ2) is 49.3. The predicted octanol–water partition coefficient (Wildman–Crippen LogP) is 6.52. The van der Waals surface area contributed by atoms with E-state index in [1.165, 1.54) is 85.9 Å². The molecular formula is C83H120Cl5F5N16O21. The molecule has 5 fully saturated rings. The summed E-state index contributed by atoms with van der Waals surface area (Å²) >= 11 is 29.8. The van der Waals surface area contributed by atoms with Gasteiger partial charge in [0.2, 0.25) is 0 Å². The van der Waals surface area contributed by atoms with E-state index in [4.69, 9.17) is 145 Å². The quantitative estimate of drug-likeness (QED) is 0.0108. The number of aliphatic imine (C=N–C) groups is 5. The van der Waals surface area contributed by atoms with Gasteiger partial charge in [0.1, 0.15) is 119 Å². The van der Waals surface area contributed by atoms with Crippen molar-refractivity contribution in [2.45, 2.75) is 247 Å². The largest absolute Gasteiger partial charge is 0.462 e. The van der Waals surface area contributed by atoms with Crippen LogP contribution in [0.4, 0.5) is 22.0 Å². The number of esters is 6. The zero-order valence-electron chi connectivity index (χ0n) is 73.7. The number of alkyl halides is 10. The van der Waals surface area contributed by atoms with Gasteiger partial charge in [0, 0.05) is 50.3 Å². The number of nitrogens with two attached hydrogens (primary N) is 6. The van der Waals surface area contributed by atoms with Crippen molar-refractivity contribution in [2.75, 3.05) is 62.4 Å². The second-order valence-corrected chi connectivity index (χ2v) is 33.6. The van der Waals surface area contributed by atoms with Crippen LogP contribution in [0, 0.1) is 17.8 Å². The van der Waals surface area contributed by atoms with Crippen molar-refractivity contribution in [3.8, 4) is 0 Å². The number of hydrogen-bond acceptors (Lipinski definition) is 37. The van der Waals surface area contributed by atoms with Crippen LogP contribution in [-0.2, 0) is 80.9 Å². The Kier molecular flexibility index (Phi) is 41.7. The molecular weight excluding hydrogens is 1830 g/mol. The summed E-state index contributed by atoms with van der Waals surface area (Å²) in [6, 6.07) is -0.847. The molecule has 1 unspecified atom stereocenters. The maximum atomic E-state index is 15.7. The Balaban J connectivity index is 0.000000252. The molecule has 5 saturated heterocycles. The summed E-state index contributed by atoms with van der Waals surface area (Å²) in [6.07, 6.45) is -2.36. The molecule has 130 heavy (non-hydrogen) atoms. The number of hydrogen-bond donors (Lipinski definition) is 10. The third-order valence-corrected chi connectivity index (χ3v) is 23.7. The molecule has 0 spiro atoms. The molecule has 10 heterocycles. The Labute approximate surface area is 776 Å². The highest BCUT2D eigenvalue weighted by Gasteiger charge is 2.64. The molecule has 16 N–H and O–H groups in total. The van der Waals surface area contributed by atoms with E-state index < -0.39 is 188 Å². The summed E-state index contributed by atoms with van der Waals surface area (Å²) in [5, 5.41) is 40.0. The Morgan fingerprint density at radius 1 is 0.415 bits per heavy atom. The minimum Gasteiger partial charge on any atom is -0.462 e. The lowest BCUT2D eigenvalue weighted by molar-refractivity contribution is -0.175. The fourth-order valence-electron chi connectivity index (χ4n) is 13.5. The highest BCUT2D eigenvalue weighted by molar-refractivity contribution is 6.20. The van der Waals surface area contributed by atoms with E-state index in [-0.39, 0.29) is 132 Å². The standard InChI is InChI=1S/C23H35ClFN3O5.C16H24ClFN4O4.2C15H21ClFN3O4.C14H19ClFN3O4/c1-4-6-8-10-18(29)31-15-23(14-24)21(32-19(30)11-9-7-5-2)20(25)22(33-23)28-13-12-17(26)27-16(28)3;1-8(2)12(20)15(24)25-7-16(6-17)13(23)11(18)14(26-16)22-5-4-10(19)21-9(22)3;1-8(2)14(22)23-7-15(6-16)12(21)11(17)13(24-15)20-5-4-10(18)19-9(20)3;1-8(2)14(22)23-12-11(17)13(24-15(12,6-16)7-21)20-5-4-10(18)19-9(20)3;1-3-10(21)22-12-11(16)13(23-14(12,6-15)7-20)19-5-4-9(17)18-8(19)2/h12-13,20-22H,3-11,14-15H2,1-2H3,(H2,26,27);4-5,8,11-14,23H,3,6-7,20H2,1-2H3,(H2,19,21);2*4-5,8,11-13,21H,3,6-7H2,1-2H3,(H2,18,19);4-5,11-13,20H,2-3,6-7H2,1H3,(H2,17,18)/t20-,21+,22-,23-;11-,12?,13+,14-,16-;2*11-,12+,13-,15-;11-,12+,13-,14-/m11111/s1. The lowest BCUT2D eigenvalue weighted by Gasteiger charge is -2.32. The number of nitrogens with zero attached hydrogens (tertiary/aromatic N) is 10. The van der Waals surface area contributed by atoms with Gasteiger partial charge in [-0.2, -0.15) is 0 Å². The van der Waals surface area contributed by atoms with Crippen LogP contribution in [0.5, 0.6) is 0 Å². The van der Waals surface area contributed by atoms with Gasteiger partial charge in [-0.15, -0.1) is 58.0 Å². The topological polar surface area (TPSA) is 519 Å². The van der Waals surface area contributed by atoms with Crippen LogP contribution in [0.2, 0.25) is 0 Å². The smallest absolute Gasteiger partial charge is 0.323 e. The summed E-state index contributed by atoms with van der Waals surface area (Å²) in [5.74, 6) is -3.78. The first-order valence-electron chi connectivity index (χ1n) is 41.5. The molecule has 0 aromatic rings. The van der Waals surface area contributed by atoms with E-state index in [1.807, 2.05) is 13.8 Å². The number of rotatable bonds is 34. The summed E-state index contributed by atoms with van der Waals surface area (Å²) in [5.41, 5.74) is 25.8. The molecule has 21 atom stereocenters. The summed E-state index contributed by atoms with van der Waals surface area (Å²) in [7, 11) is 0. The molecule has 47 heteroatoms. The maximum Gasteiger partial charge on any atom is 0.323 e. The van der Waals surface area contributed by atoms with Gasteiger partial charge in [0.05, 0.1) is 54.4 Å². The number of ether oxygens (including phenoxy) is 11. The number of halogens is 10. The van der Waals surface area contributed by atoms with Crippen molar-refractivity contribution in [1.82, 2.24) is 24.5 Å². The predicted molar refractivity (Wildman–Crippen MR) is 475 cm³/mol. The summed E-state index contributed by atoms with van der Waals surface area (Å²) < 4.78 is 135. The first-order valence-corrected chi connectivity index (χ1v) is 44.2. The molecule has 10 rings (SSSR count). The van der Waals surface area contributed by atoms with E-state index in [0.717, 1.165) is 25.7 Å². The molecule has 0 aromatic carbocycles. The number of amidine groups is 5. The van der Waals surface area contributed by atoms with Gasteiger partial charge in [-0.1, -0.05) is 121 Å². The number of aliphatic hydroxyl groups excluding tert-OH is 4. The zero-order chi connectivity index (χ0) is 97.4. The first kappa shape index (κ1) is 110. The molecule has 0 aromatic heterocycles. The monoisotopic (exact) mass is 1950 g/mol. The van der Waals surface area contributed by atoms with Crippen molar-refractivity contribution in [3.63, 3.8) is 0 Å². The van der Waals surface area contributed by atoms with E-state index in [1.54, 1.807) is 48.5 Å². The van der Waals surface area contributed by atoms with Crippen LogP contribution >= 0.6 is 58.0 Å². The Bertz CT molecular complexity index is 4320. The normalized spacial score (nSPS) is 31.6. The molecule has 728 valence electrons. The van der Waals surface area contributed by atoms with E-state index in [2.05, 4.69) is 57.9 Å². The van der Waals surface area contributed by atoms with Crippen molar-refractivity contribution in [1.29, 1.82) is 0 Å². The molecule has 0 bridgehead atoms. The highest BCUT2D eigenvalue weighted by Crippen LogP contribution is 2.46. The van der Waals surface area contributed by atoms with Crippen molar-refractivity contribution in [3.05, 3.63) is 123 Å². The Morgan fingerprint density at radius 2 is 0.692 bits per heavy atom. The first-order chi connectivity index (χ1) is 61.2. The maximum absolute atomic E-state index is 15.7. The number of unbranched alkanes of at least 4 members (excludes halogenated alkanes) is 4. The molecule has 0 radical (unpaired) electrons. The third-order valence-electron chi connectivity index (χ3n) is 21.4. The van der Waals surface area contributed by atoms with Crippen LogP contribution in [0.15, 0.2) is 148 Å². The fraction of sp³-hybridized carbons (Fsp3) is 0.627. The van der Waals surface area contributed by atoms with Crippen molar-refractivity contribution >= 4 is 123 Å². The van der Waals surface area contributed by atoms with Gasteiger partial charge in [0.25, 0.3) is 0 Å². The molecule has 10 aliphatic heterocycles. The summed E-state index contributed by atoms with van der Waals surface area (Å²) in [6.45, 7) is 31.9.